The van der Waals surface area contributed by atoms with E-state index < -0.39 is 12.1 Å². The SMILES string of the molecule is COC(=O)COc1cccc(OCCNCC(O)COc2ccccc2)c1.Cl. The van der Waals surface area contributed by atoms with Gasteiger partial charge in [0.05, 0.1) is 7.11 Å². The van der Waals surface area contributed by atoms with Crippen LogP contribution in [-0.2, 0) is 9.53 Å². The second kappa shape index (κ2) is 13.7. The number of ether oxygens (including phenoxy) is 4. The van der Waals surface area contributed by atoms with Crippen molar-refractivity contribution in [3.8, 4) is 17.2 Å². The predicted octanol–water partition coefficient (Wildman–Crippen LogP) is 2.07. The Labute approximate surface area is 171 Å². The van der Waals surface area contributed by atoms with Crippen molar-refractivity contribution in [1.82, 2.24) is 5.32 Å². The van der Waals surface area contributed by atoms with Gasteiger partial charge in [-0.2, -0.15) is 0 Å². The van der Waals surface area contributed by atoms with Crippen LogP contribution in [0.2, 0.25) is 0 Å². The van der Waals surface area contributed by atoms with Gasteiger partial charge in [0.1, 0.15) is 36.6 Å². The highest BCUT2D eigenvalue weighted by molar-refractivity contribution is 5.85. The fourth-order valence-electron chi connectivity index (χ4n) is 2.13. The van der Waals surface area contributed by atoms with Crippen LogP contribution in [0.25, 0.3) is 0 Å². The van der Waals surface area contributed by atoms with Gasteiger partial charge < -0.3 is 29.4 Å². The third kappa shape index (κ3) is 9.45. The van der Waals surface area contributed by atoms with Crippen molar-refractivity contribution >= 4 is 18.4 Å². The first kappa shape index (κ1) is 23.6. The van der Waals surface area contributed by atoms with Gasteiger partial charge in [0.2, 0.25) is 0 Å². The van der Waals surface area contributed by atoms with Gasteiger partial charge in [-0.15, -0.1) is 12.4 Å². The highest BCUT2D eigenvalue weighted by Crippen LogP contribution is 2.19. The zero-order valence-electron chi connectivity index (χ0n) is 15.7. The monoisotopic (exact) mass is 411 g/mol. The molecule has 0 aliphatic carbocycles. The van der Waals surface area contributed by atoms with E-state index in [2.05, 4.69) is 10.1 Å². The number of halogens is 1. The van der Waals surface area contributed by atoms with Crippen molar-refractivity contribution in [3.05, 3.63) is 54.6 Å². The van der Waals surface area contributed by atoms with E-state index in [9.17, 15) is 9.90 Å². The minimum atomic E-state index is -0.611. The molecule has 154 valence electrons. The molecule has 1 atom stereocenters. The molecule has 0 aromatic heterocycles. The number of nitrogens with one attached hydrogen (secondary N) is 1. The van der Waals surface area contributed by atoms with Gasteiger partial charge in [-0.05, 0) is 24.3 Å². The summed E-state index contributed by atoms with van der Waals surface area (Å²) in [6.45, 7) is 1.46. The first-order valence-electron chi connectivity index (χ1n) is 8.66. The van der Waals surface area contributed by atoms with E-state index in [0.29, 0.717) is 31.2 Å². The molecule has 0 saturated heterocycles. The largest absolute Gasteiger partial charge is 0.492 e. The number of methoxy groups -OCH3 is 1. The third-order valence-electron chi connectivity index (χ3n) is 3.50. The Morgan fingerprint density at radius 3 is 2.39 bits per heavy atom. The number of aliphatic hydroxyl groups excluding tert-OH is 1. The Morgan fingerprint density at radius 1 is 1.00 bits per heavy atom. The molecule has 2 N–H and O–H groups in total. The van der Waals surface area contributed by atoms with Gasteiger partial charge in [0.25, 0.3) is 0 Å². The number of esters is 1. The Kier molecular flexibility index (Phi) is 11.5. The smallest absolute Gasteiger partial charge is 0.343 e. The third-order valence-corrected chi connectivity index (χ3v) is 3.50. The Balaban J connectivity index is 0.00000392. The van der Waals surface area contributed by atoms with E-state index >= 15 is 0 Å². The molecule has 0 bridgehead atoms. The number of para-hydroxylation sites is 1. The van der Waals surface area contributed by atoms with Crippen LogP contribution in [-0.4, -0.2) is 57.2 Å². The molecule has 0 aliphatic rings. The summed E-state index contributed by atoms with van der Waals surface area (Å²) in [5, 5.41) is 13.0. The van der Waals surface area contributed by atoms with Crippen molar-refractivity contribution in [3.63, 3.8) is 0 Å². The van der Waals surface area contributed by atoms with Crippen LogP contribution in [0, 0.1) is 0 Å². The summed E-state index contributed by atoms with van der Waals surface area (Å²) in [7, 11) is 1.31. The van der Waals surface area contributed by atoms with Gasteiger partial charge in [0, 0.05) is 19.2 Å². The number of carbonyl (C=O) groups excluding carboxylic acids is 1. The summed E-state index contributed by atoms with van der Waals surface area (Å²) in [6.07, 6.45) is -0.611. The van der Waals surface area contributed by atoms with Crippen molar-refractivity contribution in [2.24, 2.45) is 0 Å². The molecular weight excluding hydrogens is 386 g/mol. The normalized spacial score (nSPS) is 11.1. The maximum atomic E-state index is 11.1. The van der Waals surface area contributed by atoms with Crippen LogP contribution in [0.1, 0.15) is 0 Å². The quantitative estimate of drug-likeness (QED) is 0.408. The minimum Gasteiger partial charge on any atom is -0.492 e. The van der Waals surface area contributed by atoms with Gasteiger partial charge in [0.15, 0.2) is 6.61 Å². The lowest BCUT2D eigenvalue weighted by molar-refractivity contribution is -0.142. The number of aliphatic hydroxyl groups is 1. The molecule has 0 saturated carbocycles. The number of carbonyl (C=O) groups is 1. The topological polar surface area (TPSA) is 86.3 Å². The minimum absolute atomic E-state index is 0. The van der Waals surface area contributed by atoms with Gasteiger partial charge in [-0.25, -0.2) is 4.79 Å². The summed E-state index contributed by atoms with van der Waals surface area (Å²) < 4.78 is 20.9. The molecule has 2 aromatic rings. The lowest BCUT2D eigenvalue weighted by Crippen LogP contribution is -2.33. The second-order valence-electron chi connectivity index (χ2n) is 5.67. The van der Waals surface area contributed by atoms with E-state index in [1.807, 2.05) is 30.3 Å². The summed E-state index contributed by atoms with van der Waals surface area (Å²) in [5.41, 5.74) is 0. The maximum Gasteiger partial charge on any atom is 0.343 e. The van der Waals surface area contributed by atoms with E-state index in [1.165, 1.54) is 7.11 Å². The van der Waals surface area contributed by atoms with Gasteiger partial charge in [-0.3, -0.25) is 0 Å². The van der Waals surface area contributed by atoms with Gasteiger partial charge >= 0.3 is 5.97 Å². The average molecular weight is 412 g/mol. The van der Waals surface area contributed by atoms with Crippen molar-refractivity contribution < 1.29 is 28.8 Å². The number of rotatable bonds is 12. The fraction of sp³-hybridized carbons (Fsp3) is 0.350. The van der Waals surface area contributed by atoms with Gasteiger partial charge in [-0.1, -0.05) is 24.3 Å². The molecule has 2 rings (SSSR count). The molecule has 8 heteroatoms. The molecule has 0 radical (unpaired) electrons. The van der Waals surface area contributed by atoms with Crippen LogP contribution in [0.15, 0.2) is 54.6 Å². The standard InChI is InChI=1S/C20H25NO6.ClH/c1-24-20(23)15-27-19-9-5-8-18(12-19)25-11-10-21-13-16(22)14-26-17-6-3-2-4-7-17;/h2-9,12,16,21-22H,10-11,13-15H2,1H3;1H. The molecule has 0 heterocycles. The fourth-order valence-corrected chi connectivity index (χ4v) is 2.13. The molecule has 1 unspecified atom stereocenters. The van der Waals surface area contributed by atoms with E-state index in [1.54, 1.807) is 24.3 Å². The summed E-state index contributed by atoms with van der Waals surface area (Å²) in [6, 6.07) is 16.4. The highest BCUT2D eigenvalue weighted by Gasteiger charge is 2.05. The zero-order chi connectivity index (χ0) is 19.3. The van der Waals surface area contributed by atoms with Crippen LogP contribution >= 0.6 is 12.4 Å². The summed E-state index contributed by atoms with van der Waals surface area (Å²) in [4.78, 5) is 11.1. The molecule has 0 fully saturated rings. The Bertz CT molecular complexity index is 685. The first-order chi connectivity index (χ1) is 13.2. The Morgan fingerprint density at radius 2 is 1.68 bits per heavy atom. The van der Waals surface area contributed by atoms with E-state index in [0.717, 1.165) is 5.75 Å². The lowest BCUT2D eigenvalue weighted by atomic mass is 10.3. The van der Waals surface area contributed by atoms with Crippen molar-refractivity contribution in [2.75, 3.05) is 40.0 Å². The molecule has 28 heavy (non-hydrogen) atoms. The van der Waals surface area contributed by atoms with Crippen LogP contribution in [0.3, 0.4) is 0 Å². The molecular formula is C20H26ClNO6. The Hall–Kier alpha value is -2.48. The molecule has 7 nitrogen and oxygen atoms in total. The van der Waals surface area contributed by atoms with Crippen LogP contribution < -0.4 is 19.5 Å². The van der Waals surface area contributed by atoms with E-state index in [4.69, 9.17) is 14.2 Å². The molecule has 0 amide bonds. The van der Waals surface area contributed by atoms with Crippen LogP contribution in [0.4, 0.5) is 0 Å². The van der Waals surface area contributed by atoms with Crippen molar-refractivity contribution in [2.45, 2.75) is 6.10 Å². The predicted molar refractivity (Wildman–Crippen MR) is 108 cm³/mol. The maximum absolute atomic E-state index is 11.1. The second-order valence-corrected chi connectivity index (χ2v) is 5.67. The summed E-state index contributed by atoms with van der Waals surface area (Å²) in [5.74, 6) is 1.45. The molecule has 0 spiro atoms. The molecule has 2 aromatic carbocycles. The number of hydrogen-bond donors (Lipinski definition) is 2. The zero-order valence-corrected chi connectivity index (χ0v) is 16.5. The van der Waals surface area contributed by atoms with E-state index in [-0.39, 0.29) is 25.6 Å². The number of hydrogen-bond acceptors (Lipinski definition) is 7. The molecule has 0 aliphatic heterocycles. The highest BCUT2D eigenvalue weighted by atomic mass is 35.5. The summed E-state index contributed by atoms with van der Waals surface area (Å²) >= 11 is 0. The number of benzene rings is 2. The van der Waals surface area contributed by atoms with Crippen molar-refractivity contribution in [1.29, 1.82) is 0 Å². The first-order valence-corrected chi connectivity index (χ1v) is 8.66. The lowest BCUT2D eigenvalue weighted by Gasteiger charge is -2.14. The average Bonchev–Trinajstić information content (AvgIpc) is 2.71. The van der Waals surface area contributed by atoms with Crippen LogP contribution in [0.5, 0.6) is 17.2 Å².